The first-order valence-electron chi connectivity index (χ1n) is 7.11. The van der Waals surface area contributed by atoms with E-state index in [0.717, 1.165) is 22.2 Å². The van der Waals surface area contributed by atoms with Gasteiger partial charge in [-0.1, -0.05) is 29.8 Å². The standard InChI is InChI=1S/C16H13ClN6/c1-22-20-14-7-4-12(8-15(14)21-22)16(23-10-18-9-19-23)11-2-5-13(17)6-3-11/h2-10,16H,1H3/t16-/m1/s1/i1-1. The van der Waals surface area contributed by atoms with Crippen molar-refractivity contribution in [3.8, 4) is 0 Å². The van der Waals surface area contributed by atoms with Crippen LogP contribution in [0.1, 0.15) is 17.2 Å². The molecular formula is C16H13ClN6. The van der Waals surface area contributed by atoms with Gasteiger partial charge in [-0.15, -0.1) is 0 Å². The van der Waals surface area contributed by atoms with Crippen molar-refractivity contribution in [2.75, 3.05) is 0 Å². The first-order chi connectivity index (χ1) is 11.2. The second kappa shape index (κ2) is 5.48. The van der Waals surface area contributed by atoms with Crippen LogP contribution in [-0.4, -0.2) is 29.8 Å². The summed E-state index contributed by atoms with van der Waals surface area (Å²) in [6.45, 7) is 0. The molecular weight excluding hydrogens is 311 g/mol. The molecule has 4 aromatic rings. The Hall–Kier alpha value is -2.73. The van der Waals surface area contributed by atoms with Crippen molar-refractivity contribution < 1.29 is 0 Å². The van der Waals surface area contributed by atoms with Gasteiger partial charge in [-0.2, -0.15) is 20.1 Å². The number of hydrogen-bond donors (Lipinski definition) is 0. The Labute approximate surface area is 137 Å². The minimum Gasteiger partial charge on any atom is -0.241 e. The van der Waals surface area contributed by atoms with E-state index in [-0.39, 0.29) is 6.04 Å². The van der Waals surface area contributed by atoms with Crippen molar-refractivity contribution in [1.29, 1.82) is 0 Å². The number of halogens is 1. The van der Waals surface area contributed by atoms with Gasteiger partial charge in [0.05, 0.1) is 0 Å². The lowest BCUT2D eigenvalue weighted by molar-refractivity contribution is 0.594. The summed E-state index contributed by atoms with van der Waals surface area (Å²) in [7, 11) is 1.81. The van der Waals surface area contributed by atoms with E-state index in [9.17, 15) is 0 Å². The zero-order valence-corrected chi connectivity index (χ0v) is 13.1. The van der Waals surface area contributed by atoms with Crippen LogP contribution in [0.2, 0.25) is 5.02 Å². The summed E-state index contributed by atoms with van der Waals surface area (Å²) in [6.07, 6.45) is 3.24. The first kappa shape index (κ1) is 13.9. The van der Waals surface area contributed by atoms with Gasteiger partial charge in [0.2, 0.25) is 0 Å². The normalized spacial score (nSPS) is 12.6. The van der Waals surface area contributed by atoms with E-state index in [1.54, 1.807) is 11.1 Å². The monoisotopic (exact) mass is 323 g/mol. The van der Waals surface area contributed by atoms with Crippen LogP contribution in [0.25, 0.3) is 11.0 Å². The second-order valence-electron chi connectivity index (χ2n) is 5.27. The molecule has 2 aromatic heterocycles. The molecule has 4 rings (SSSR count). The lowest BCUT2D eigenvalue weighted by atomic mass is 9.98. The van der Waals surface area contributed by atoms with Crippen LogP contribution < -0.4 is 0 Å². The largest absolute Gasteiger partial charge is 0.241 e. The Morgan fingerprint density at radius 2 is 1.70 bits per heavy atom. The van der Waals surface area contributed by atoms with Crippen LogP contribution in [0.3, 0.4) is 0 Å². The molecule has 23 heavy (non-hydrogen) atoms. The average molecular weight is 324 g/mol. The fraction of sp³-hybridized carbons (Fsp3) is 0.125. The smallest absolute Gasteiger partial charge is 0.137 e. The Kier molecular flexibility index (Phi) is 3.31. The fourth-order valence-electron chi connectivity index (χ4n) is 2.70. The third-order valence-corrected chi connectivity index (χ3v) is 3.96. The number of rotatable bonds is 3. The zero-order valence-electron chi connectivity index (χ0n) is 12.3. The quantitative estimate of drug-likeness (QED) is 0.581. The number of hydrogen-bond acceptors (Lipinski definition) is 4. The van der Waals surface area contributed by atoms with Crippen LogP contribution in [0, 0.1) is 0 Å². The Bertz CT molecular complexity index is 943. The molecule has 1 atom stereocenters. The van der Waals surface area contributed by atoms with E-state index in [1.807, 2.05) is 54.2 Å². The van der Waals surface area contributed by atoms with E-state index in [0.29, 0.717) is 5.02 Å². The molecule has 2 aromatic carbocycles. The van der Waals surface area contributed by atoms with Gasteiger partial charge >= 0.3 is 0 Å². The SMILES string of the molecule is [11CH3]n1nc2ccc([C@@H](c3ccc(Cl)cc3)n3cncn3)cc2n1. The van der Waals surface area contributed by atoms with Gasteiger partial charge in [0.1, 0.15) is 29.7 Å². The molecule has 0 N–H and O–H groups in total. The van der Waals surface area contributed by atoms with Gasteiger partial charge in [0.25, 0.3) is 0 Å². The molecule has 0 unspecified atom stereocenters. The Balaban J connectivity index is 1.87. The molecule has 0 bridgehead atoms. The van der Waals surface area contributed by atoms with Crippen molar-refractivity contribution in [3.63, 3.8) is 0 Å². The minimum atomic E-state index is -0.0961. The number of fused-ring (bicyclic) bond motifs is 1. The summed E-state index contributed by atoms with van der Waals surface area (Å²) in [6, 6.07) is 13.7. The maximum Gasteiger partial charge on any atom is 0.137 e. The number of nitrogens with zero attached hydrogens (tertiary/aromatic N) is 6. The summed E-state index contributed by atoms with van der Waals surface area (Å²) >= 11 is 6.01. The van der Waals surface area contributed by atoms with Gasteiger partial charge in [-0.25, -0.2) is 9.67 Å². The lowest BCUT2D eigenvalue weighted by Gasteiger charge is -2.18. The summed E-state index contributed by atoms with van der Waals surface area (Å²) in [4.78, 5) is 5.64. The highest BCUT2D eigenvalue weighted by molar-refractivity contribution is 6.30. The van der Waals surface area contributed by atoms with Gasteiger partial charge in [-0.05, 0) is 35.4 Å². The van der Waals surface area contributed by atoms with Crippen molar-refractivity contribution in [2.45, 2.75) is 6.04 Å². The minimum absolute atomic E-state index is 0.0961. The van der Waals surface area contributed by atoms with E-state index in [4.69, 9.17) is 11.6 Å². The third-order valence-electron chi connectivity index (χ3n) is 3.71. The number of aromatic nitrogens is 6. The van der Waals surface area contributed by atoms with Crippen LogP contribution in [0.4, 0.5) is 0 Å². The highest BCUT2D eigenvalue weighted by Crippen LogP contribution is 2.28. The highest BCUT2D eigenvalue weighted by Gasteiger charge is 2.18. The molecule has 0 radical (unpaired) electrons. The van der Waals surface area contributed by atoms with Crippen LogP contribution in [-0.2, 0) is 7.05 Å². The van der Waals surface area contributed by atoms with Crippen molar-refractivity contribution in [3.05, 3.63) is 71.3 Å². The molecule has 0 fully saturated rings. The average Bonchev–Trinajstić information content (AvgIpc) is 3.18. The Morgan fingerprint density at radius 1 is 0.957 bits per heavy atom. The predicted octanol–water partition coefficient (Wildman–Crippen LogP) is 2.85. The highest BCUT2D eigenvalue weighted by atomic mass is 35.5. The molecule has 6 nitrogen and oxygen atoms in total. The molecule has 0 spiro atoms. The predicted molar refractivity (Wildman–Crippen MR) is 87.2 cm³/mol. The molecule has 2 heterocycles. The summed E-state index contributed by atoms with van der Waals surface area (Å²) in [5, 5.41) is 13.7. The molecule has 0 saturated carbocycles. The maximum absolute atomic E-state index is 6.01. The van der Waals surface area contributed by atoms with Crippen molar-refractivity contribution in [2.24, 2.45) is 7.05 Å². The molecule has 0 amide bonds. The second-order valence-corrected chi connectivity index (χ2v) is 5.70. The van der Waals surface area contributed by atoms with E-state index >= 15 is 0 Å². The zero-order chi connectivity index (χ0) is 15.8. The lowest BCUT2D eigenvalue weighted by Crippen LogP contribution is -2.12. The van der Waals surface area contributed by atoms with E-state index in [2.05, 4.69) is 20.3 Å². The van der Waals surface area contributed by atoms with E-state index in [1.165, 1.54) is 6.33 Å². The molecule has 0 saturated heterocycles. The van der Waals surface area contributed by atoms with Crippen molar-refractivity contribution in [1.82, 2.24) is 29.8 Å². The van der Waals surface area contributed by atoms with Gasteiger partial charge in [-0.3, -0.25) is 0 Å². The first-order valence-corrected chi connectivity index (χ1v) is 7.49. The number of aryl methyl sites for hydroxylation is 1. The van der Waals surface area contributed by atoms with Crippen LogP contribution in [0.15, 0.2) is 55.1 Å². The molecule has 0 aliphatic carbocycles. The fourth-order valence-corrected chi connectivity index (χ4v) is 2.83. The maximum atomic E-state index is 6.01. The van der Waals surface area contributed by atoms with Gasteiger partial charge in [0.15, 0.2) is 0 Å². The van der Waals surface area contributed by atoms with Crippen LogP contribution in [0.5, 0.6) is 0 Å². The summed E-state index contributed by atoms with van der Waals surface area (Å²) in [5.41, 5.74) is 3.85. The third kappa shape index (κ3) is 2.57. The topological polar surface area (TPSA) is 61.4 Å². The van der Waals surface area contributed by atoms with Gasteiger partial charge in [0, 0.05) is 12.1 Å². The molecule has 0 aliphatic heterocycles. The molecule has 7 heteroatoms. The summed E-state index contributed by atoms with van der Waals surface area (Å²) in [5.74, 6) is 0. The van der Waals surface area contributed by atoms with Crippen molar-refractivity contribution >= 4 is 22.6 Å². The molecule has 0 aliphatic rings. The molecule has 114 valence electrons. The summed E-state index contributed by atoms with van der Waals surface area (Å²) < 4.78 is 1.82. The number of benzene rings is 2. The van der Waals surface area contributed by atoms with Gasteiger partial charge < -0.3 is 0 Å². The Morgan fingerprint density at radius 3 is 2.43 bits per heavy atom. The van der Waals surface area contributed by atoms with Crippen LogP contribution >= 0.6 is 11.6 Å². The van der Waals surface area contributed by atoms with E-state index < -0.39 is 0 Å².